The maximum Gasteiger partial charge on any atom is 0.328 e. The maximum absolute atomic E-state index is 13.1. The minimum atomic E-state index is -0.821. The number of nitrogens with one attached hydrogen (secondary N) is 1. The maximum atomic E-state index is 13.1. The lowest BCUT2D eigenvalue weighted by Crippen LogP contribution is -2.38. The number of rotatable bonds is 8. The van der Waals surface area contributed by atoms with Crippen molar-refractivity contribution in [2.24, 2.45) is 11.8 Å². The Kier molecular flexibility index (Phi) is 8.02. The average molecular weight is 468 g/mol. The van der Waals surface area contributed by atoms with Crippen LogP contribution in [0.1, 0.15) is 38.2 Å². The fourth-order valence-electron chi connectivity index (χ4n) is 3.39. The Bertz CT molecular complexity index is 899. The summed E-state index contributed by atoms with van der Waals surface area (Å²) in [7, 11) is 0. The fraction of sp³-hybridized carbons (Fsp3) is 0.476. The molecule has 162 valence electrons. The number of thioether (sulfide) groups is 1. The molecule has 3 rings (SSSR count). The van der Waals surface area contributed by atoms with E-state index in [9.17, 15) is 9.59 Å². The van der Waals surface area contributed by atoms with Gasteiger partial charge >= 0.3 is 12.0 Å². The number of carboxylic acid groups (broad SMARTS) is 1. The first-order chi connectivity index (χ1) is 14.3. The molecule has 0 saturated heterocycles. The largest absolute Gasteiger partial charge is 0.481 e. The van der Waals surface area contributed by atoms with Crippen LogP contribution < -0.4 is 10.2 Å². The van der Waals surface area contributed by atoms with E-state index < -0.39 is 11.9 Å². The first kappa shape index (κ1) is 22.9. The van der Waals surface area contributed by atoms with Crippen molar-refractivity contribution >= 4 is 57.5 Å². The number of halogens is 1. The predicted molar refractivity (Wildman–Crippen MR) is 124 cm³/mol. The molecule has 1 heterocycles. The lowest BCUT2D eigenvalue weighted by atomic mass is 10.1. The lowest BCUT2D eigenvalue weighted by Gasteiger charge is -2.26. The first-order valence-electron chi connectivity index (χ1n) is 9.99. The van der Waals surface area contributed by atoms with E-state index in [0.717, 1.165) is 22.6 Å². The number of anilines is 2. The third-order valence-corrected chi connectivity index (χ3v) is 7.82. The second-order valence-corrected chi connectivity index (χ2v) is 10.4. The van der Waals surface area contributed by atoms with E-state index >= 15 is 0 Å². The van der Waals surface area contributed by atoms with E-state index in [4.69, 9.17) is 16.7 Å². The average Bonchev–Trinajstić information content (AvgIpc) is 3.36. The number of amides is 2. The summed E-state index contributed by atoms with van der Waals surface area (Å²) in [5.41, 5.74) is 1.75. The number of nitrogens with zero attached hydrogens (tertiary/aromatic N) is 2. The van der Waals surface area contributed by atoms with Crippen LogP contribution in [0.2, 0.25) is 5.02 Å². The molecule has 0 radical (unpaired) electrons. The van der Waals surface area contributed by atoms with Crippen LogP contribution in [-0.4, -0.2) is 34.4 Å². The van der Waals surface area contributed by atoms with Crippen LogP contribution in [0.3, 0.4) is 0 Å². The minimum absolute atomic E-state index is 0.252. The third kappa shape index (κ3) is 6.12. The zero-order valence-electron chi connectivity index (χ0n) is 17.1. The zero-order valence-corrected chi connectivity index (χ0v) is 19.4. The third-order valence-electron chi connectivity index (χ3n) is 5.15. The van der Waals surface area contributed by atoms with Gasteiger partial charge in [0.1, 0.15) is 0 Å². The minimum Gasteiger partial charge on any atom is -0.481 e. The van der Waals surface area contributed by atoms with E-state index in [0.29, 0.717) is 34.1 Å². The zero-order chi connectivity index (χ0) is 21.7. The van der Waals surface area contributed by atoms with Gasteiger partial charge in [-0.1, -0.05) is 48.8 Å². The lowest BCUT2D eigenvalue weighted by molar-refractivity contribution is -0.140. The van der Waals surface area contributed by atoms with Crippen molar-refractivity contribution in [1.29, 1.82) is 0 Å². The highest BCUT2D eigenvalue weighted by Gasteiger charge is 2.25. The molecule has 0 aliphatic heterocycles. The molecule has 1 unspecified atom stereocenters. The van der Waals surface area contributed by atoms with E-state index in [1.54, 1.807) is 18.0 Å². The highest BCUT2D eigenvalue weighted by Crippen LogP contribution is 2.33. The van der Waals surface area contributed by atoms with E-state index in [1.807, 2.05) is 25.1 Å². The van der Waals surface area contributed by atoms with Gasteiger partial charge in [0.05, 0.1) is 27.0 Å². The van der Waals surface area contributed by atoms with Crippen LogP contribution in [0.4, 0.5) is 15.6 Å². The van der Waals surface area contributed by atoms with Crippen LogP contribution in [0.25, 0.3) is 0 Å². The summed E-state index contributed by atoms with van der Waals surface area (Å²) in [4.78, 5) is 30.1. The summed E-state index contributed by atoms with van der Waals surface area (Å²) >= 11 is 9.24. The summed E-state index contributed by atoms with van der Waals surface area (Å²) in [6.07, 6.45) is 6.30. The second kappa shape index (κ2) is 10.5. The molecule has 2 N–H and O–H groups in total. The number of hydrogen-bond donors (Lipinski definition) is 2. The smallest absolute Gasteiger partial charge is 0.328 e. The molecule has 1 aromatic carbocycles. The van der Waals surface area contributed by atoms with Gasteiger partial charge in [0.2, 0.25) is 0 Å². The van der Waals surface area contributed by atoms with Gasteiger partial charge in [-0.25, -0.2) is 9.78 Å². The summed E-state index contributed by atoms with van der Waals surface area (Å²) in [5, 5.41) is 13.0. The Morgan fingerprint density at radius 3 is 2.80 bits per heavy atom. The van der Waals surface area contributed by atoms with Crippen molar-refractivity contribution in [2.75, 3.05) is 22.5 Å². The van der Waals surface area contributed by atoms with Gasteiger partial charge in [-0.3, -0.25) is 15.0 Å². The first-order valence-corrected chi connectivity index (χ1v) is 12.2. The van der Waals surface area contributed by atoms with Crippen LogP contribution in [-0.2, 0) is 4.79 Å². The highest BCUT2D eigenvalue weighted by atomic mass is 35.5. The van der Waals surface area contributed by atoms with E-state index in [-0.39, 0.29) is 6.03 Å². The summed E-state index contributed by atoms with van der Waals surface area (Å²) in [6.45, 7) is 4.26. The molecule has 6 nitrogen and oxygen atoms in total. The quantitative estimate of drug-likeness (QED) is 0.455. The molecule has 1 saturated carbocycles. The summed E-state index contributed by atoms with van der Waals surface area (Å²) in [6, 6.07) is 5.46. The normalized spacial score (nSPS) is 15.2. The number of aliphatic carboxylic acids is 1. The second-order valence-electron chi connectivity index (χ2n) is 7.68. The topological polar surface area (TPSA) is 82.5 Å². The molecular weight excluding hydrogens is 442 g/mol. The van der Waals surface area contributed by atoms with Crippen molar-refractivity contribution in [1.82, 2.24) is 4.98 Å². The van der Waals surface area contributed by atoms with E-state index in [1.165, 1.54) is 35.9 Å². The molecule has 30 heavy (non-hydrogen) atoms. The van der Waals surface area contributed by atoms with Crippen LogP contribution in [0.5, 0.6) is 0 Å². The van der Waals surface area contributed by atoms with Gasteiger partial charge in [-0.2, -0.15) is 0 Å². The molecule has 1 atom stereocenters. The Hall–Kier alpha value is -1.77. The van der Waals surface area contributed by atoms with Crippen LogP contribution >= 0.6 is 34.7 Å². The number of aromatic nitrogens is 1. The monoisotopic (exact) mass is 467 g/mol. The van der Waals surface area contributed by atoms with Crippen molar-refractivity contribution in [3.63, 3.8) is 0 Å². The number of thiazole rings is 1. The number of carbonyl (C=O) groups excluding carboxylic acids is 1. The molecule has 1 aliphatic rings. The Morgan fingerprint density at radius 1 is 1.40 bits per heavy atom. The van der Waals surface area contributed by atoms with Crippen molar-refractivity contribution in [2.45, 2.75) is 43.7 Å². The number of aryl methyl sites for hydroxylation is 1. The molecule has 1 aliphatic carbocycles. The number of carboxylic acids is 1. The van der Waals surface area contributed by atoms with Gasteiger partial charge in [-0.15, -0.1) is 11.8 Å². The van der Waals surface area contributed by atoms with Gasteiger partial charge in [0.25, 0.3) is 0 Å². The van der Waals surface area contributed by atoms with Crippen LogP contribution in [0, 0.1) is 18.8 Å². The number of benzene rings is 1. The number of urea groups is 1. The van der Waals surface area contributed by atoms with Gasteiger partial charge in [-0.05, 0) is 43.4 Å². The Balaban J connectivity index is 1.71. The molecule has 0 bridgehead atoms. The molecule has 2 aromatic rings. The molecule has 2 amide bonds. The van der Waals surface area contributed by atoms with Crippen molar-refractivity contribution in [3.05, 3.63) is 35.0 Å². The molecule has 1 aromatic heterocycles. The van der Waals surface area contributed by atoms with Crippen LogP contribution in [0.15, 0.2) is 28.6 Å². The standard InChI is InChI=1S/C21H26ClN3O3S2/c1-13-7-8-17(16(22)9-13)25(11-15-5-3-4-6-15)21(28)24-20-23-10-18(30-20)29-12-14(2)19(26)27/h7-10,14-15H,3-6,11-12H2,1-2H3,(H,26,27)(H,23,24,28). The molecule has 0 spiro atoms. The Morgan fingerprint density at radius 2 is 2.13 bits per heavy atom. The Labute approximate surface area is 190 Å². The van der Waals surface area contributed by atoms with Gasteiger partial charge in [0.15, 0.2) is 5.13 Å². The SMILES string of the molecule is Cc1ccc(N(CC2CCCC2)C(=O)Nc2ncc(SCC(C)C(=O)O)s2)c(Cl)c1. The summed E-state index contributed by atoms with van der Waals surface area (Å²) in [5.74, 6) is -0.343. The molecular formula is C21H26ClN3O3S2. The van der Waals surface area contributed by atoms with Gasteiger partial charge < -0.3 is 5.11 Å². The molecule has 9 heteroatoms. The predicted octanol–water partition coefficient (Wildman–Crippen LogP) is 6.15. The molecule has 1 fully saturated rings. The van der Waals surface area contributed by atoms with Crippen molar-refractivity contribution < 1.29 is 14.7 Å². The number of carbonyl (C=O) groups is 2. The fourth-order valence-corrected chi connectivity index (χ4v) is 5.63. The van der Waals surface area contributed by atoms with Crippen molar-refractivity contribution in [3.8, 4) is 0 Å². The number of hydrogen-bond acceptors (Lipinski definition) is 5. The van der Waals surface area contributed by atoms with E-state index in [2.05, 4.69) is 10.3 Å². The summed E-state index contributed by atoms with van der Waals surface area (Å²) < 4.78 is 0.870. The highest BCUT2D eigenvalue weighted by molar-refractivity contribution is 8.01. The van der Waals surface area contributed by atoms with Gasteiger partial charge in [0, 0.05) is 12.3 Å².